The predicted molar refractivity (Wildman–Crippen MR) is 144 cm³/mol. The number of nitrogens with zero attached hydrogens (tertiary/aromatic N) is 4. The number of benzene rings is 1. The Labute approximate surface area is 236 Å². The molecule has 0 radical (unpaired) electrons. The van der Waals surface area contributed by atoms with Gasteiger partial charge in [0.15, 0.2) is 5.69 Å². The number of carboxylic acids is 1. The maximum atomic E-state index is 13.3. The predicted octanol–water partition coefficient (Wildman–Crippen LogP) is 1.24. The van der Waals surface area contributed by atoms with Gasteiger partial charge in [-0.15, -0.1) is 0 Å². The maximum absolute atomic E-state index is 13.3. The van der Waals surface area contributed by atoms with E-state index >= 15 is 0 Å². The minimum Gasteiger partial charge on any atom is -0.481 e. The summed E-state index contributed by atoms with van der Waals surface area (Å²) in [7, 11) is 1.25. The van der Waals surface area contributed by atoms with Gasteiger partial charge in [0.2, 0.25) is 11.8 Å². The van der Waals surface area contributed by atoms with Crippen molar-refractivity contribution in [1.29, 1.82) is 0 Å². The largest absolute Gasteiger partial charge is 0.481 e. The van der Waals surface area contributed by atoms with E-state index in [2.05, 4.69) is 15.2 Å². The highest BCUT2D eigenvalue weighted by Crippen LogP contribution is 2.20. The first-order valence-corrected chi connectivity index (χ1v) is 13.0. The van der Waals surface area contributed by atoms with E-state index in [9.17, 15) is 29.1 Å². The summed E-state index contributed by atoms with van der Waals surface area (Å²) in [5, 5.41) is 16.2. The summed E-state index contributed by atoms with van der Waals surface area (Å²) in [6, 6.07) is 9.11. The Morgan fingerprint density at radius 2 is 1.76 bits per heavy atom. The third-order valence-electron chi connectivity index (χ3n) is 6.06. The van der Waals surface area contributed by atoms with Crippen molar-refractivity contribution in [2.45, 2.75) is 25.8 Å². The van der Waals surface area contributed by atoms with Crippen molar-refractivity contribution in [3.8, 4) is 11.6 Å². The molecule has 1 fully saturated rings. The van der Waals surface area contributed by atoms with Gasteiger partial charge >= 0.3 is 18.0 Å². The second-order valence-corrected chi connectivity index (χ2v) is 8.82. The molecule has 41 heavy (non-hydrogen) atoms. The number of ether oxygens (including phenoxy) is 3. The molecule has 1 atom stereocenters. The van der Waals surface area contributed by atoms with E-state index in [0.717, 1.165) is 0 Å². The van der Waals surface area contributed by atoms with Crippen LogP contribution in [0.25, 0.3) is 5.69 Å². The number of aliphatic carboxylic acids is 1. The molecule has 14 heteroatoms. The first-order chi connectivity index (χ1) is 19.7. The highest BCUT2D eigenvalue weighted by atomic mass is 16.6. The van der Waals surface area contributed by atoms with Crippen molar-refractivity contribution in [3.63, 3.8) is 0 Å². The summed E-state index contributed by atoms with van der Waals surface area (Å²) in [4.78, 5) is 64.1. The number of rotatable bonds is 12. The van der Waals surface area contributed by atoms with Gasteiger partial charge in [0.25, 0.3) is 5.91 Å². The lowest BCUT2D eigenvalue weighted by atomic mass is 10.1. The zero-order valence-electron chi connectivity index (χ0n) is 22.9. The zero-order valence-corrected chi connectivity index (χ0v) is 22.9. The molecular formula is C27H33N5O9. The highest BCUT2D eigenvalue weighted by molar-refractivity contribution is 5.96. The van der Waals surface area contributed by atoms with Crippen LogP contribution in [0.4, 0.5) is 4.79 Å². The van der Waals surface area contributed by atoms with Crippen LogP contribution in [0, 0.1) is 0 Å². The first kappa shape index (κ1) is 30.7. The third-order valence-corrected chi connectivity index (χ3v) is 6.06. The zero-order chi connectivity index (χ0) is 29.8. The molecule has 2 N–H and O–H groups in total. The van der Waals surface area contributed by atoms with Crippen LogP contribution in [0.15, 0.2) is 48.6 Å². The molecule has 3 rings (SSSR count). The van der Waals surface area contributed by atoms with Gasteiger partial charge in [0.1, 0.15) is 12.6 Å². The topological polar surface area (TPSA) is 170 Å². The molecule has 14 nitrogen and oxygen atoms in total. The molecule has 3 amide bonds. The molecule has 220 valence electrons. The van der Waals surface area contributed by atoms with E-state index in [1.54, 1.807) is 31.2 Å². The monoisotopic (exact) mass is 571 g/mol. The van der Waals surface area contributed by atoms with Crippen LogP contribution >= 0.6 is 0 Å². The average molecular weight is 572 g/mol. The molecule has 0 bridgehead atoms. The summed E-state index contributed by atoms with van der Waals surface area (Å²) in [5.41, 5.74) is 0.525. The second kappa shape index (κ2) is 15.1. The Hall–Kier alpha value is -4.88. The Morgan fingerprint density at radius 3 is 2.39 bits per heavy atom. The molecule has 1 aromatic carbocycles. The first-order valence-electron chi connectivity index (χ1n) is 13.0. The van der Waals surface area contributed by atoms with Crippen molar-refractivity contribution in [2.75, 3.05) is 46.5 Å². The van der Waals surface area contributed by atoms with Crippen LogP contribution in [0.5, 0.6) is 5.88 Å². The van der Waals surface area contributed by atoms with Gasteiger partial charge in [-0.3, -0.25) is 14.4 Å². The van der Waals surface area contributed by atoms with Crippen molar-refractivity contribution in [3.05, 3.63) is 54.2 Å². The summed E-state index contributed by atoms with van der Waals surface area (Å²) < 4.78 is 16.7. The molecule has 2 heterocycles. The summed E-state index contributed by atoms with van der Waals surface area (Å²) in [5.74, 6) is -2.64. The van der Waals surface area contributed by atoms with Crippen molar-refractivity contribution >= 4 is 29.8 Å². The molecule has 0 saturated carbocycles. The van der Waals surface area contributed by atoms with Gasteiger partial charge in [0.05, 0.1) is 19.4 Å². The fraction of sp³-hybridized carbons (Fsp3) is 0.407. The number of para-hydroxylation sites is 1. The molecule has 2 aromatic rings. The standard InChI is InChI=1S/C27H33N5O9/c1-3-40-27(38)31-15-13-30(14-16-31)26(37)20(11-12-23(33)34)28-25(36)21-18-22(41-17-7-10-24(35)39-2)32(29-21)19-8-5-4-6-9-19/h4-10,18,20H,3,11-17H2,1-2H3,(H,28,36)(H,33,34)/t20-/m0/s1. The lowest BCUT2D eigenvalue weighted by Crippen LogP contribution is -2.56. The number of hydrogen-bond donors (Lipinski definition) is 2. The molecule has 0 spiro atoms. The number of hydrogen-bond acceptors (Lipinski definition) is 9. The van der Waals surface area contributed by atoms with Gasteiger partial charge in [-0.05, 0) is 31.6 Å². The quantitative estimate of drug-likeness (QED) is 0.279. The van der Waals surface area contributed by atoms with Gasteiger partial charge in [-0.1, -0.05) is 18.2 Å². The van der Waals surface area contributed by atoms with E-state index in [4.69, 9.17) is 9.47 Å². The van der Waals surface area contributed by atoms with Crippen molar-refractivity contribution in [1.82, 2.24) is 24.9 Å². The number of nitrogens with one attached hydrogen (secondary N) is 1. The molecule has 1 aliphatic rings. The molecular weight excluding hydrogens is 538 g/mol. The van der Waals surface area contributed by atoms with E-state index < -0.39 is 35.9 Å². The Bertz CT molecular complexity index is 1250. The minimum atomic E-state index is -1.14. The number of carbonyl (C=O) groups is 5. The van der Waals surface area contributed by atoms with Crippen LogP contribution in [-0.4, -0.2) is 107 Å². The fourth-order valence-electron chi connectivity index (χ4n) is 3.98. The fourth-order valence-corrected chi connectivity index (χ4v) is 3.98. The van der Waals surface area contributed by atoms with Crippen molar-refractivity contribution < 1.29 is 43.3 Å². The third kappa shape index (κ3) is 8.81. The van der Waals surface area contributed by atoms with Gasteiger partial charge in [-0.2, -0.15) is 5.10 Å². The van der Waals surface area contributed by atoms with Crippen LogP contribution in [0.2, 0.25) is 0 Å². The van der Waals surface area contributed by atoms with Gasteiger partial charge in [0, 0.05) is 44.7 Å². The highest BCUT2D eigenvalue weighted by Gasteiger charge is 2.31. The lowest BCUT2D eigenvalue weighted by molar-refractivity contribution is -0.138. The average Bonchev–Trinajstić information content (AvgIpc) is 3.41. The molecule has 1 saturated heterocycles. The lowest BCUT2D eigenvalue weighted by Gasteiger charge is -2.35. The van der Waals surface area contributed by atoms with Crippen LogP contribution in [0.1, 0.15) is 30.3 Å². The maximum Gasteiger partial charge on any atom is 0.409 e. The number of aromatic nitrogens is 2. The van der Waals surface area contributed by atoms with Crippen LogP contribution in [-0.2, 0) is 23.9 Å². The van der Waals surface area contributed by atoms with Crippen LogP contribution < -0.4 is 10.1 Å². The Morgan fingerprint density at radius 1 is 1.07 bits per heavy atom. The number of carboxylic acid groups (broad SMARTS) is 1. The summed E-state index contributed by atoms with van der Waals surface area (Å²) in [6.07, 6.45) is 1.68. The van der Waals surface area contributed by atoms with Crippen LogP contribution in [0.3, 0.4) is 0 Å². The number of esters is 1. The summed E-state index contributed by atoms with van der Waals surface area (Å²) in [6.45, 7) is 2.82. The molecule has 1 aromatic heterocycles. The molecule has 0 aliphatic carbocycles. The van der Waals surface area contributed by atoms with E-state index in [-0.39, 0.29) is 63.8 Å². The molecule has 0 unspecified atom stereocenters. The Balaban J connectivity index is 1.76. The van der Waals surface area contributed by atoms with Gasteiger partial charge in [-0.25, -0.2) is 14.3 Å². The normalized spacial score (nSPS) is 13.9. The Kier molecular flexibility index (Phi) is 11.3. The van der Waals surface area contributed by atoms with E-state index in [0.29, 0.717) is 5.69 Å². The number of carbonyl (C=O) groups excluding carboxylic acids is 4. The SMILES string of the molecule is CCOC(=O)N1CCN(C(=O)[C@H](CCC(=O)O)NC(=O)c2cc(OCC=CC(=O)OC)n(-c3ccccc3)n2)CC1. The van der Waals surface area contributed by atoms with E-state index in [1.807, 2.05) is 6.07 Å². The number of piperazine rings is 1. The number of amides is 3. The minimum absolute atomic E-state index is 0.0216. The van der Waals surface area contributed by atoms with Gasteiger partial charge < -0.3 is 34.4 Å². The van der Waals surface area contributed by atoms with Crippen molar-refractivity contribution in [2.24, 2.45) is 0 Å². The summed E-state index contributed by atoms with van der Waals surface area (Å²) >= 11 is 0. The smallest absolute Gasteiger partial charge is 0.409 e. The van der Waals surface area contributed by atoms with E-state index in [1.165, 1.54) is 39.8 Å². The second-order valence-electron chi connectivity index (χ2n) is 8.82. The molecule has 1 aliphatic heterocycles. The number of methoxy groups -OCH3 is 1.